The Hall–Kier alpha value is -0.120. The molecule has 1 rings (SSSR count). The molecule has 1 aliphatic rings. The van der Waals surface area contributed by atoms with E-state index >= 15 is 0 Å². The van der Waals surface area contributed by atoms with E-state index in [2.05, 4.69) is 12.2 Å². The topological polar surface area (TPSA) is 41.5 Å². The summed E-state index contributed by atoms with van der Waals surface area (Å²) in [7, 11) is 0. The standard InChI is InChI=1S/C12H25NO2/c1-11-4-2-5-12(10-11)13-6-3-8-15-9-7-14/h11-14H,2-10H2,1H3. The van der Waals surface area contributed by atoms with E-state index in [-0.39, 0.29) is 6.61 Å². The molecule has 1 fully saturated rings. The quantitative estimate of drug-likeness (QED) is 0.633. The van der Waals surface area contributed by atoms with Crippen LogP contribution in [0.15, 0.2) is 0 Å². The Balaban J connectivity index is 1.90. The van der Waals surface area contributed by atoms with Gasteiger partial charge in [-0.3, -0.25) is 0 Å². The molecule has 0 aliphatic heterocycles. The Bertz CT molecular complexity index is 153. The average Bonchev–Trinajstić information content (AvgIpc) is 2.23. The minimum Gasteiger partial charge on any atom is -0.394 e. The van der Waals surface area contributed by atoms with Crippen LogP contribution in [0.5, 0.6) is 0 Å². The Kier molecular flexibility index (Phi) is 6.98. The van der Waals surface area contributed by atoms with Gasteiger partial charge in [0.1, 0.15) is 0 Å². The Morgan fingerprint density at radius 3 is 2.93 bits per heavy atom. The summed E-state index contributed by atoms with van der Waals surface area (Å²) in [6.45, 7) is 4.75. The highest BCUT2D eigenvalue weighted by Crippen LogP contribution is 2.23. The first-order chi connectivity index (χ1) is 7.33. The fraction of sp³-hybridized carbons (Fsp3) is 1.00. The van der Waals surface area contributed by atoms with Crippen LogP contribution in [-0.4, -0.2) is 37.5 Å². The highest BCUT2D eigenvalue weighted by molar-refractivity contribution is 4.75. The molecule has 3 heteroatoms. The number of aliphatic hydroxyl groups is 1. The molecule has 2 atom stereocenters. The van der Waals surface area contributed by atoms with E-state index in [0.717, 1.165) is 31.5 Å². The molecule has 0 aromatic heterocycles. The summed E-state index contributed by atoms with van der Waals surface area (Å²) in [5.41, 5.74) is 0. The summed E-state index contributed by atoms with van der Waals surface area (Å²) >= 11 is 0. The summed E-state index contributed by atoms with van der Waals surface area (Å²) in [5, 5.41) is 12.1. The van der Waals surface area contributed by atoms with Crippen LogP contribution < -0.4 is 5.32 Å². The van der Waals surface area contributed by atoms with Crippen molar-refractivity contribution in [3.63, 3.8) is 0 Å². The lowest BCUT2D eigenvalue weighted by atomic mass is 9.87. The maximum absolute atomic E-state index is 8.52. The summed E-state index contributed by atoms with van der Waals surface area (Å²) in [6.07, 6.45) is 6.49. The molecule has 0 saturated heterocycles. The van der Waals surface area contributed by atoms with Crippen LogP contribution >= 0.6 is 0 Å². The molecule has 0 spiro atoms. The van der Waals surface area contributed by atoms with Gasteiger partial charge in [0.2, 0.25) is 0 Å². The predicted octanol–water partition coefficient (Wildman–Crippen LogP) is 1.55. The lowest BCUT2D eigenvalue weighted by Gasteiger charge is -2.27. The van der Waals surface area contributed by atoms with Crippen molar-refractivity contribution in [1.29, 1.82) is 0 Å². The molecule has 2 N–H and O–H groups in total. The van der Waals surface area contributed by atoms with Crippen molar-refractivity contribution in [2.24, 2.45) is 5.92 Å². The number of nitrogens with one attached hydrogen (secondary N) is 1. The summed E-state index contributed by atoms with van der Waals surface area (Å²) in [6, 6.07) is 0.728. The third-order valence-corrected chi connectivity index (χ3v) is 3.07. The fourth-order valence-corrected chi connectivity index (χ4v) is 2.27. The fourth-order valence-electron chi connectivity index (χ4n) is 2.27. The Morgan fingerprint density at radius 2 is 2.20 bits per heavy atom. The van der Waals surface area contributed by atoms with Gasteiger partial charge < -0.3 is 15.2 Å². The smallest absolute Gasteiger partial charge is 0.0697 e. The summed E-state index contributed by atoms with van der Waals surface area (Å²) < 4.78 is 5.20. The number of hydrogen-bond donors (Lipinski definition) is 2. The molecule has 0 heterocycles. The van der Waals surface area contributed by atoms with Crippen molar-refractivity contribution >= 4 is 0 Å². The van der Waals surface area contributed by atoms with Crippen molar-refractivity contribution in [3.8, 4) is 0 Å². The average molecular weight is 215 g/mol. The third-order valence-electron chi connectivity index (χ3n) is 3.07. The zero-order valence-corrected chi connectivity index (χ0v) is 9.87. The van der Waals surface area contributed by atoms with E-state index in [1.807, 2.05) is 0 Å². The molecule has 3 nitrogen and oxygen atoms in total. The molecule has 1 aliphatic carbocycles. The molecule has 90 valence electrons. The number of hydrogen-bond acceptors (Lipinski definition) is 3. The van der Waals surface area contributed by atoms with Crippen LogP contribution in [0, 0.1) is 5.92 Å². The molecule has 0 amide bonds. The largest absolute Gasteiger partial charge is 0.394 e. The molecular formula is C12H25NO2. The maximum Gasteiger partial charge on any atom is 0.0697 e. The van der Waals surface area contributed by atoms with Crippen LogP contribution in [0.3, 0.4) is 0 Å². The van der Waals surface area contributed by atoms with Crippen LogP contribution in [0.1, 0.15) is 39.0 Å². The molecule has 0 aromatic rings. The molecule has 0 bridgehead atoms. The Labute approximate surface area is 93.2 Å². The highest BCUT2D eigenvalue weighted by Gasteiger charge is 2.17. The molecular weight excluding hydrogens is 190 g/mol. The maximum atomic E-state index is 8.52. The monoisotopic (exact) mass is 215 g/mol. The van der Waals surface area contributed by atoms with E-state index in [4.69, 9.17) is 9.84 Å². The summed E-state index contributed by atoms with van der Waals surface area (Å²) in [5.74, 6) is 0.891. The van der Waals surface area contributed by atoms with E-state index in [9.17, 15) is 0 Å². The van der Waals surface area contributed by atoms with Gasteiger partial charge in [0.05, 0.1) is 13.2 Å². The number of rotatable bonds is 7. The first-order valence-corrected chi connectivity index (χ1v) is 6.25. The second kappa shape index (κ2) is 8.08. The van der Waals surface area contributed by atoms with Crippen LogP contribution in [-0.2, 0) is 4.74 Å². The van der Waals surface area contributed by atoms with Crippen molar-refractivity contribution in [3.05, 3.63) is 0 Å². The molecule has 1 saturated carbocycles. The first-order valence-electron chi connectivity index (χ1n) is 6.25. The zero-order valence-electron chi connectivity index (χ0n) is 9.87. The Morgan fingerprint density at radius 1 is 1.33 bits per heavy atom. The minimum absolute atomic E-state index is 0.133. The number of aliphatic hydroxyl groups excluding tert-OH is 1. The van der Waals surface area contributed by atoms with E-state index < -0.39 is 0 Å². The van der Waals surface area contributed by atoms with Gasteiger partial charge in [-0.05, 0) is 31.7 Å². The van der Waals surface area contributed by atoms with Gasteiger partial charge in [-0.2, -0.15) is 0 Å². The van der Waals surface area contributed by atoms with Crippen LogP contribution in [0.4, 0.5) is 0 Å². The lowest BCUT2D eigenvalue weighted by Crippen LogP contribution is -2.34. The van der Waals surface area contributed by atoms with Gasteiger partial charge in [0.15, 0.2) is 0 Å². The SMILES string of the molecule is CC1CCCC(NCCCOCCO)C1. The lowest BCUT2D eigenvalue weighted by molar-refractivity contribution is 0.0900. The minimum atomic E-state index is 0.133. The normalized spacial score (nSPS) is 26.8. The predicted molar refractivity (Wildman–Crippen MR) is 61.9 cm³/mol. The van der Waals surface area contributed by atoms with E-state index in [0.29, 0.717) is 6.61 Å². The van der Waals surface area contributed by atoms with Crippen molar-refractivity contribution in [2.75, 3.05) is 26.4 Å². The van der Waals surface area contributed by atoms with Gasteiger partial charge in [0.25, 0.3) is 0 Å². The van der Waals surface area contributed by atoms with Crippen molar-refractivity contribution in [2.45, 2.75) is 45.1 Å². The highest BCUT2D eigenvalue weighted by atomic mass is 16.5. The first kappa shape index (κ1) is 12.9. The van der Waals surface area contributed by atoms with Gasteiger partial charge in [-0.25, -0.2) is 0 Å². The second-order valence-corrected chi connectivity index (χ2v) is 4.61. The van der Waals surface area contributed by atoms with Crippen LogP contribution in [0.2, 0.25) is 0 Å². The van der Waals surface area contributed by atoms with Crippen LogP contribution in [0.25, 0.3) is 0 Å². The van der Waals surface area contributed by atoms with Gasteiger partial charge in [0, 0.05) is 12.6 Å². The van der Waals surface area contributed by atoms with Crippen molar-refractivity contribution < 1.29 is 9.84 Å². The second-order valence-electron chi connectivity index (χ2n) is 4.61. The molecule has 15 heavy (non-hydrogen) atoms. The number of ether oxygens (including phenoxy) is 1. The van der Waals surface area contributed by atoms with E-state index in [1.54, 1.807) is 0 Å². The summed E-state index contributed by atoms with van der Waals surface area (Å²) in [4.78, 5) is 0. The van der Waals surface area contributed by atoms with Gasteiger partial charge in [-0.1, -0.05) is 19.8 Å². The molecule has 0 aromatic carbocycles. The van der Waals surface area contributed by atoms with Crippen molar-refractivity contribution in [1.82, 2.24) is 5.32 Å². The molecule has 0 radical (unpaired) electrons. The molecule has 2 unspecified atom stereocenters. The van der Waals surface area contributed by atoms with Gasteiger partial charge in [-0.15, -0.1) is 0 Å². The van der Waals surface area contributed by atoms with Gasteiger partial charge >= 0.3 is 0 Å². The van der Waals surface area contributed by atoms with E-state index in [1.165, 1.54) is 25.7 Å². The zero-order chi connectivity index (χ0) is 10.9. The third kappa shape index (κ3) is 6.13.